The molecule has 0 spiro atoms. The molecule has 0 unspecified atom stereocenters. The highest BCUT2D eigenvalue weighted by Crippen LogP contribution is 2.20. The molecule has 1 aromatic rings. The molecule has 94 valence electrons. The molecule has 2 N–H and O–H groups in total. The quantitative estimate of drug-likeness (QED) is 0.815. The largest absolute Gasteiger partial charge is 0.385 e. The van der Waals surface area contributed by atoms with E-state index in [-0.39, 0.29) is 13.2 Å². The lowest BCUT2D eigenvalue weighted by Gasteiger charge is -2.33. The minimum absolute atomic E-state index is 0.0633. The molecule has 4 atom stereocenters. The molecule has 5 heteroatoms. The van der Waals surface area contributed by atoms with Crippen molar-refractivity contribution in [2.75, 3.05) is 6.61 Å². The fourth-order valence-corrected chi connectivity index (χ4v) is 1.68. The number of aliphatic hydroxyl groups excluding tert-OH is 2. The molecule has 1 fully saturated rings. The van der Waals surface area contributed by atoms with Crippen LogP contribution >= 0.6 is 0 Å². The Balaban J connectivity index is 1.87. The summed E-state index contributed by atoms with van der Waals surface area (Å²) >= 11 is 0. The first-order valence-electron chi connectivity index (χ1n) is 5.46. The minimum Gasteiger partial charge on any atom is -0.385 e. The topological polar surface area (TPSA) is 58.9 Å². The molecule has 1 heterocycles. The molecule has 1 saturated heterocycles. The maximum absolute atomic E-state index is 13.6. The Bertz CT molecular complexity index is 346. The van der Waals surface area contributed by atoms with Gasteiger partial charge in [-0.1, -0.05) is 30.3 Å². The average Bonchev–Trinajstić information content (AvgIpc) is 2.36. The molecule has 1 aliphatic heterocycles. The van der Waals surface area contributed by atoms with Gasteiger partial charge in [-0.25, -0.2) is 4.39 Å². The van der Waals surface area contributed by atoms with Crippen LogP contribution in [0.3, 0.4) is 0 Å². The van der Waals surface area contributed by atoms with E-state index in [1.807, 2.05) is 30.3 Å². The van der Waals surface area contributed by atoms with Crippen LogP contribution in [-0.2, 0) is 16.1 Å². The number of rotatable bonds is 3. The highest BCUT2D eigenvalue weighted by atomic mass is 19.1. The summed E-state index contributed by atoms with van der Waals surface area (Å²) in [4.78, 5) is 0. The van der Waals surface area contributed by atoms with E-state index in [2.05, 4.69) is 0 Å². The van der Waals surface area contributed by atoms with E-state index >= 15 is 0 Å². The van der Waals surface area contributed by atoms with E-state index in [4.69, 9.17) is 14.6 Å². The summed E-state index contributed by atoms with van der Waals surface area (Å²) in [6.45, 7) is 0.185. The van der Waals surface area contributed by atoms with E-state index in [1.54, 1.807) is 0 Å². The predicted molar refractivity (Wildman–Crippen MR) is 57.9 cm³/mol. The second-order valence-electron chi connectivity index (χ2n) is 3.99. The fourth-order valence-electron chi connectivity index (χ4n) is 1.68. The molecule has 0 aliphatic carbocycles. The van der Waals surface area contributed by atoms with Gasteiger partial charge in [0.1, 0.15) is 12.2 Å². The van der Waals surface area contributed by atoms with Crippen molar-refractivity contribution >= 4 is 0 Å². The molecule has 0 bridgehead atoms. The van der Waals surface area contributed by atoms with Gasteiger partial charge in [0.25, 0.3) is 0 Å². The van der Waals surface area contributed by atoms with Crippen LogP contribution in [0.2, 0.25) is 0 Å². The predicted octanol–water partition coefficient (Wildman–Crippen LogP) is 0.619. The second kappa shape index (κ2) is 5.55. The zero-order chi connectivity index (χ0) is 12.3. The van der Waals surface area contributed by atoms with Crippen molar-refractivity contribution in [1.29, 1.82) is 0 Å². The summed E-state index contributed by atoms with van der Waals surface area (Å²) in [5, 5.41) is 18.4. The molecule has 1 aromatic carbocycles. The number of hydrogen-bond acceptors (Lipinski definition) is 4. The summed E-state index contributed by atoms with van der Waals surface area (Å²) in [6, 6.07) is 9.33. The van der Waals surface area contributed by atoms with Gasteiger partial charge in [0.05, 0.1) is 13.2 Å². The Morgan fingerprint density at radius 3 is 2.71 bits per heavy atom. The number of alkyl halides is 1. The fraction of sp³-hybridized carbons (Fsp3) is 0.500. The third-order valence-corrected chi connectivity index (χ3v) is 2.71. The van der Waals surface area contributed by atoms with E-state index in [0.717, 1.165) is 5.56 Å². The standard InChI is InChI=1S/C12H15FO4/c13-10-9(7-17-12(15)11(10)14)16-6-8-4-2-1-3-5-8/h1-5,9-12,14-15H,6-7H2/t9-,10+,11-,12-/m1/s1. The van der Waals surface area contributed by atoms with Gasteiger partial charge in [-0.2, -0.15) is 0 Å². The lowest BCUT2D eigenvalue weighted by molar-refractivity contribution is -0.248. The number of halogens is 1. The van der Waals surface area contributed by atoms with Gasteiger partial charge in [0.2, 0.25) is 0 Å². The van der Waals surface area contributed by atoms with Gasteiger partial charge < -0.3 is 19.7 Å². The van der Waals surface area contributed by atoms with Crippen LogP contribution in [0.25, 0.3) is 0 Å². The van der Waals surface area contributed by atoms with Crippen LogP contribution < -0.4 is 0 Å². The monoisotopic (exact) mass is 242 g/mol. The van der Waals surface area contributed by atoms with Gasteiger partial charge in [-0.15, -0.1) is 0 Å². The maximum atomic E-state index is 13.6. The Morgan fingerprint density at radius 1 is 1.29 bits per heavy atom. The summed E-state index contributed by atoms with van der Waals surface area (Å²) in [7, 11) is 0. The lowest BCUT2D eigenvalue weighted by atomic mass is 10.1. The van der Waals surface area contributed by atoms with Gasteiger partial charge in [0, 0.05) is 0 Å². The van der Waals surface area contributed by atoms with Crippen LogP contribution in [0.1, 0.15) is 5.56 Å². The summed E-state index contributed by atoms with van der Waals surface area (Å²) in [5.41, 5.74) is 0.917. The zero-order valence-corrected chi connectivity index (χ0v) is 9.20. The third kappa shape index (κ3) is 3.01. The van der Waals surface area contributed by atoms with Crippen molar-refractivity contribution < 1.29 is 24.1 Å². The van der Waals surface area contributed by atoms with Crippen LogP contribution in [0.15, 0.2) is 30.3 Å². The molecule has 0 radical (unpaired) electrons. The molecule has 2 rings (SSSR count). The van der Waals surface area contributed by atoms with Crippen LogP contribution in [0, 0.1) is 0 Å². The van der Waals surface area contributed by atoms with Crippen molar-refractivity contribution in [1.82, 2.24) is 0 Å². The van der Waals surface area contributed by atoms with Gasteiger partial charge >= 0.3 is 0 Å². The first-order valence-corrected chi connectivity index (χ1v) is 5.46. The van der Waals surface area contributed by atoms with Crippen molar-refractivity contribution in [2.24, 2.45) is 0 Å². The molecular formula is C12H15FO4. The molecule has 0 amide bonds. The normalized spacial score (nSPS) is 33.6. The van der Waals surface area contributed by atoms with Crippen molar-refractivity contribution in [3.63, 3.8) is 0 Å². The molecule has 17 heavy (non-hydrogen) atoms. The van der Waals surface area contributed by atoms with Gasteiger partial charge in [0.15, 0.2) is 12.5 Å². The maximum Gasteiger partial charge on any atom is 0.183 e. The van der Waals surface area contributed by atoms with Crippen molar-refractivity contribution in [2.45, 2.75) is 31.3 Å². The van der Waals surface area contributed by atoms with Crippen LogP contribution in [-0.4, -0.2) is 41.5 Å². The smallest absolute Gasteiger partial charge is 0.183 e. The second-order valence-corrected chi connectivity index (χ2v) is 3.99. The number of aliphatic hydroxyl groups is 2. The average molecular weight is 242 g/mol. The Hall–Kier alpha value is -1.01. The number of hydrogen-bond donors (Lipinski definition) is 2. The Labute approximate surface area is 98.6 Å². The number of benzene rings is 1. The number of ether oxygens (including phenoxy) is 2. The first kappa shape index (κ1) is 12.4. The summed E-state index contributed by atoms with van der Waals surface area (Å²) in [5.74, 6) is 0. The zero-order valence-electron chi connectivity index (χ0n) is 9.20. The highest BCUT2D eigenvalue weighted by molar-refractivity contribution is 5.13. The van der Waals surface area contributed by atoms with Crippen molar-refractivity contribution in [3.8, 4) is 0 Å². The lowest BCUT2D eigenvalue weighted by Crippen LogP contribution is -2.51. The summed E-state index contributed by atoms with van der Waals surface area (Å²) < 4.78 is 23.7. The molecule has 0 saturated carbocycles. The van der Waals surface area contributed by atoms with E-state index in [9.17, 15) is 9.50 Å². The van der Waals surface area contributed by atoms with Crippen molar-refractivity contribution in [3.05, 3.63) is 35.9 Å². The molecule has 1 aliphatic rings. The third-order valence-electron chi connectivity index (χ3n) is 2.71. The van der Waals surface area contributed by atoms with Gasteiger partial charge in [-0.05, 0) is 5.56 Å². The van der Waals surface area contributed by atoms with Crippen LogP contribution in [0.5, 0.6) is 0 Å². The molecular weight excluding hydrogens is 227 g/mol. The van der Waals surface area contributed by atoms with Crippen LogP contribution in [0.4, 0.5) is 4.39 Å². The molecule has 4 nitrogen and oxygen atoms in total. The SMILES string of the molecule is O[C@@H]1[C@@H](F)[C@H](OCc2ccccc2)CO[C@H]1O. The summed E-state index contributed by atoms with van der Waals surface area (Å²) in [6.07, 6.45) is -5.51. The Kier molecular flexibility index (Phi) is 4.06. The highest BCUT2D eigenvalue weighted by Gasteiger charge is 2.39. The minimum atomic E-state index is -1.64. The first-order chi connectivity index (χ1) is 8.18. The van der Waals surface area contributed by atoms with E-state index < -0.39 is 24.7 Å². The molecule has 0 aromatic heterocycles. The van der Waals surface area contributed by atoms with E-state index in [1.165, 1.54) is 0 Å². The van der Waals surface area contributed by atoms with E-state index in [0.29, 0.717) is 0 Å². The van der Waals surface area contributed by atoms with Gasteiger partial charge in [-0.3, -0.25) is 0 Å². The Morgan fingerprint density at radius 2 is 2.00 bits per heavy atom.